The number of sulfonamides is 1. The average molecular weight is 454 g/mol. The summed E-state index contributed by atoms with van der Waals surface area (Å²) < 4.78 is 47.6. The van der Waals surface area contributed by atoms with Gasteiger partial charge < -0.3 is 13.9 Å². The molecule has 4 atom stereocenters. The molecular formula is C22H35NO5SSi. The van der Waals surface area contributed by atoms with Gasteiger partial charge in [-0.2, -0.15) is 0 Å². The predicted octanol–water partition coefficient (Wildman–Crippen LogP) is 4.12. The maximum absolute atomic E-state index is 12.9. The lowest BCUT2D eigenvalue weighted by molar-refractivity contribution is -0.151. The highest BCUT2D eigenvalue weighted by Gasteiger charge is 2.52. The predicted molar refractivity (Wildman–Crippen MR) is 120 cm³/mol. The molecule has 0 bridgehead atoms. The minimum absolute atomic E-state index is 0.0508. The van der Waals surface area contributed by atoms with Crippen LogP contribution in [-0.4, -0.2) is 46.9 Å². The lowest BCUT2D eigenvalue weighted by atomic mass is 9.95. The zero-order chi connectivity index (χ0) is 22.5. The fraction of sp³-hybridized carbons (Fsp3) is 0.636. The van der Waals surface area contributed by atoms with Crippen LogP contribution in [0.5, 0.6) is 0 Å². The standard InChI is InChI=1S/C22H35NO5SSi/c1-15-9-11-16(12-10-15)29(24,25)23-17-13-14-18(28-30(7,8)21(2,3)4)20-19(17)26-22(5,6)27-20/h9-14,17-20,23H,1-8H3/t17-,18+,19+,20-/m1/s1. The highest BCUT2D eigenvalue weighted by Crippen LogP contribution is 2.41. The van der Waals surface area contributed by atoms with Gasteiger partial charge in [0.1, 0.15) is 12.2 Å². The summed E-state index contributed by atoms with van der Waals surface area (Å²) >= 11 is 0. The van der Waals surface area contributed by atoms with E-state index < -0.39 is 36.3 Å². The number of rotatable bonds is 5. The minimum Gasteiger partial charge on any atom is -0.408 e. The van der Waals surface area contributed by atoms with Crippen molar-refractivity contribution in [1.82, 2.24) is 4.72 Å². The molecule has 0 amide bonds. The van der Waals surface area contributed by atoms with E-state index in [2.05, 4.69) is 38.6 Å². The van der Waals surface area contributed by atoms with E-state index in [1.54, 1.807) is 24.3 Å². The van der Waals surface area contributed by atoms with Crippen molar-refractivity contribution >= 4 is 18.3 Å². The van der Waals surface area contributed by atoms with Crippen molar-refractivity contribution in [1.29, 1.82) is 0 Å². The number of aryl methyl sites for hydroxylation is 1. The number of hydrogen-bond donors (Lipinski definition) is 1. The minimum atomic E-state index is -3.70. The number of nitrogens with one attached hydrogen (secondary N) is 1. The van der Waals surface area contributed by atoms with Crippen LogP contribution in [0.1, 0.15) is 40.2 Å². The quantitative estimate of drug-likeness (QED) is 0.536. The second kappa shape index (κ2) is 7.83. The van der Waals surface area contributed by atoms with Gasteiger partial charge in [-0.15, -0.1) is 0 Å². The molecule has 1 N–H and O–H groups in total. The van der Waals surface area contributed by atoms with E-state index in [1.165, 1.54) is 0 Å². The first-order valence-corrected chi connectivity index (χ1v) is 14.8. The van der Waals surface area contributed by atoms with E-state index in [-0.39, 0.29) is 22.1 Å². The van der Waals surface area contributed by atoms with Crippen molar-refractivity contribution in [3.8, 4) is 0 Å². The van der Waals surface area contributed by atoms with Gasteiger partial charge in [-0.1, -0.05) is 50.6 Å². The number of ether oxygens (including phenoxy) is 2. The van der Waals surface area contributed by atoms with Crippen molar-refractivity contribution in [2.45, 2.75) is 94.7 Å². The van der Waals surface area contributed by atoms with Crippen LogP contribution < -0.4 is 4.72 Å². The van der Waals surface area contributed by atoms with Gasteiger partial charge in [-0.3, -0.25) is 0 Å². The van der Waals surface area contributed by atoms with Gasteiger partial charge in [0, 0.05) is 0 Å². The molecule has 3 rings (SSSR count). The Morgan fingerprint density at radius 1 is 1.03 bits per heavy atom. The monoisotopic (exact) mass is 453 g/mol. The number of benzene rings is 1. The molecule has 0 radical (unpaired) electrons. The topological polar surface area (TPSA) is 73.9 Å². The first-order chi connectivity index (χ1) is 13.6. The van der Waals surface area contributed by atoms with Gasteiger partial charge in [-0.05, 0) is 51.0 Å². The number of fused-ring (bicyclic) bond motifs is 1. The second-order valence-electron chi connectivity index (χ2n) is 10.3. The van der Waals surface area contributed by atoms with Crippen molar-refractivity contribution in [2.24, 2.45) is 0 Å². The fourth-order valence-corrected chi connectivity index (χ4v) is 5.94. The zero-order valence-corrected chi connectivity index (χ0v) is 21.0. The van der Waals surface area contributed by atoms with E-state index >= 15 is 0 Å². The maximum Gasteiger partial charge on any atom is 0.241 e. The van der Waals surface area contributed by atoms with E-state index in [4.69, 9.17) is 13.9 Å². The molecule has 1 aliphatic carbocycles. The van der Waals surface area contributed by atoms with Crippen molar-refractivity contribution < 1.29 is 22.3 Å². The Hall–Kier alpha value is -1.03. The third-order valence-corrected chi connectivity index (χ3v) is 12.2. The lowest BCUT2D eigenvalue weighted by Gasteiger charge is -2.42. The number of hydrogen-bond acceptors (Lipinski definition) is 5. The van der Waals surface area contributed by atoms with Crippen molar-refractivity contribution in [2.75, 3.05) is 0 Å². The van der Waals surface area contributed by atoms with Crippen molar-refractivity contribution in [3.63, 3.8) is 0 Å². The molecule has 30 heavy (non-hydrogen) atoms. The molecule has 1 saturated heterocycles. The summed E-state index contributed by atoms with van der Waals surface area (Å²) in [6, 6.07) is 6.26. The molecule has 6 nitrogen and oxygen atoms in total. The highest BCUT2D eigenvalue weighted by atomic mass is 32.2. The van der Waals surface area contributed by atoms with Crippen LogP contribution in [0, 0.1) is 6.92 Å². The van der Waals surface area contributed by atoms with Gasteiger partial charge in [0.25, 0.3) is 0 Å². The molecule has 1 aromatic rings. The Bertz CT molecular complexity index is 902. The molecule has 2 aliphatic rings. The molecule has 168 valence electrons. The first kappa shape index (κ1) is 23.6. The molecule has 1 aromatic carbocycles. The van der Waals surface area contributed by atoms with Crippen LogP contribution in [0.15, 0.2) is 41.3 Å². The molecule has 1 heterocycles. The zero-order valence-electron chi connectivity index (χ0n) is 19.2. The summed E-state index contributed by atoms with van der Waals surface area (Å²) in [5, 5.41) is 0.0508. The molecule has 0 unspecified atom stereocenters. The van der Waals surface area contributed by atoms with E-state index in [1.807, 2.05) is 32.9 Å². The largest absolute Gasteiger partial charge is 0.408 e. The van der Waals surface area contributed by atoms with Crippen LogP contribution >= 0.6 is 0 Å². The Balaban J connectivity index is 1.86. The van der Waals surface area contributed by atoms with Crippen LogP contribution in [-0.2, 0) is 23.9 Å². The SMILES string of the molecule is Cc1ccc(S(=O)(=O)N[C@@H]2C=C[C@H](O[Si](C)(C)C(C)(C)C)[C@H]3OC(C)(C)O[C@H]32)cc1. The summed E-state index contributed by atoms with van der Waals surface area (Å²) in [5.74, 6) is -0.816. The lowest BCUT2D eigenvalue weighted by Crippen LogP contribution is -2.55. The highest BCUT2D eigenvalue weighted by molar-refractivity contribution is 7.89. The van der Waals surface area contributed by atoms with Gasteiger partial charge in [0.2, 0.25) is 10.0 Å². The Morgan fingerprint density at radius 2 is 1.60 bits per heavy atom. The third-order valence-electron chi connectivity index (χ3n) is 6.21. The van der Waals surface area contributed by atoms with Gasteiger partial charge in [0.15, 0.2) is 14.1 Å². The first-order valence-electron chi connectivity index (χ1n) is 10.4. The molecular weight excluding hydrogens is 418 g/mol. The van der Waals surface area contributed by atoms with E-state index in [0.29, 0.717) is 0 Å². The summed E-state index contributed by atoms with van der Waals surface area (Å²) in [6.45, 7) is 16.6. The summed E-state index contributed by atoms with van der Waals surface area (Å²) in [5.41, 5.74) is 1.01. The Kier molecular flexibility index (Phi) is 6.17. The van der Waals surface area contributed by atoms with Crippen LogP contribution in [0.4, 0.5) is 0 Å². The maximum atomic E-state index is 12.9. The van der Waals surface area contributed by atoms with Gasteiger partial charge in [-0.25, -0.2) is 13.1 Å². The third kappa shape index (κ3) is 4.89. The summed E-state index contributed by atoms with van der Waals surface area (Å²) in [7, 11) is -5.75. The Morgan fingerprint density at radius 3 is 2.17 bits per heavy atom. The molecule has 8 heteroatoms. The van der Waals surface area contributed by atoms with Crippen molar-refractivity contribution in [3.05, 3.63) is 42.0 Å². The summed E-state index contributed by atoms with van der Waals surface area (Å²) in [6.07, 6.45) is 2.63. The smallest absolute Gasteiger partial charge is 0.241 e. The molecule has 0 spiro atoms. The molecule has 0 saturated carbocycles. The van der Waals surface area contributed by atoms with Gasteiger partial charge >= 0.3 is 0 Å². The Labute approximate surface area is 182 Å². The average Bonchev–Trinajstić information content (AvgIpc) is 2.92. The van der Waals surface area contributed by atoms with Crippen LogP contribution in [0.25, 0.3) is 0 Å². The van der Waals surface area contributed by atoms with Crippen LogP contribution in [0.2, 0.25) is 18.1 Å². The second-order valence-corrected chi connectivity index (χ2v) is 16.7. The van der Waals surface area contributed by atoms with E-state index in [0.717, 1.165) is 5.56 Å². The molecule has 1 aliphatic heterocycles. The molecule has 1 fully saturated rings. The summed E-state index contributed by atoms with van der Waals surface area (Å²) in [4.78, 5) is 0.232. The van der Waals surface area contributed by atoms with Crippen LogP contribution in [0.3, 0.4) is 0 Å². The van der Waals surface area contributed by atoms with Gasteiger partial charge in [0.05, 0.1) is 17.0 Å². The van der Waals surface area contributed by atoms with E-state index in [9.17, 15) is 8.42 Å². The fourth-order valence-electron chi connectivity index (χ4n) is 3.49. The molecule has 0 aromatic heterocycles. The normalized spacial score (nSPS) is 29.1.